The highest BCUT2D eigenvalue weighted by atomic mass is 16.5. The summed E-state index contributed by atoms with van der Waals surface area (Å²) in [6.07, 6.45) is 6.17. The molecular formula is C14H19N3O3. The summed E-state index contributed by atoms with van der Waals surface area (Å²) in [5, 5.41) is 10.4. The Labute approximate surface area is 117 Å². The van der Waals surface area contributed by atoms with E-state index in [4.69, 9.17) is 9.05 Å². The monoisotopic (exact) mass is 277 g/mol. The average Bonchev–Trinajstić information content (AvgIpc) is 3.04. The molecular weight excluding hydrogens is 258 g/mol. The fraction of sp³-hybridized carbons (Fsp3) is 0.500. The van der Waals surface area contributed by atoms with Gasteiger partial charge in [-0.2, -0.15) is 0 Å². The number of carbonyl (C=O) groups excluding carboxylic acids is 1. The molecule has 0 aliphatic rings. The molecule has 0 atom stereocenters. The van der Waals surface area contributed by atoms with Crippen molar-refractivity contribution in [3.8, 4) is 0 Å². The molecule has 0 saturated carbocycles. The summed E-state index contributed by atoms with van der Waals surface area (Å²) in [5.74, 6) is 0.845. The minimum absolute atomic E-state index is 0.0512. The topological polar surface area (TPSA) is 81.2 Å². The van der Waals surface area contributed by atoms with Crippen LogP contribution in [0.3, 0.4) is 0 Å². The SMILES string of the molecule is Cc1noc(C)c1CCC(=O)NCCCc1cnoc1. The summed E-state index contributed by atoms with van der Waals surface area (Å²) < 4.78 is 9.81. The van der Waals surface area contributed by atoms with Crippen LogP contribution in [0.2, 0.25) is 0 Å². The molecule has 2 rings (SSSR count). The van der Waals surface area contributed by atoms with Crippen molar-refractivity contribution in [2.75, 3.05) is 6.54 Å². The molecule has 6 nitrogen and oxygen atoms in total. The second-order valence-electron chi connectivity index (χ2n) is 4.79. The van der Waals surface area contributed by atoms with Gasteiger partial charge in [0.2, 0.25) is 5.91 Å². The van der Waals surface area contributed by atoms with Crippen LogP contribution in [0, 0.1) is 13.8 Å². The van der Waals surface area contributed by atoms with Gasteiger partial charge in [-0.05, 0) is 33.1 Å². The Hall–Kier alpha value is -2.11. The highest BCUT2D eigenvalue weighted by Gasteiger charge is 2.10. The number of amides is 1. The zero-order valence-electron chi connectivity index (χ0n) is 11.8. The van der Waals surface area contributed by atoms with Gasteiger partial charge < -0.3 is 14.4 Å². The van der Waals surface area contributed by atoms with Crippen molar-refractivity contribution in [2.24, 2.45) is 0 Å². The van der Waals surface area contributed by atoms with Crippen LogP contribution in [0.25, 0.3) is 0 Å². The summed E-state index contributed by atoms with van der Waals surface area (Å²) in [6.45, 7) is 4.42. The van der Waals surface area contributed by atoms with E-state index in [0.717, 1.165) is 35.4 Å². The first-order valence-electron chi connectivity index (χ1n) is 6.73. The lowest BCUT2D eigenvalue weighted by molar-refractivity contribution is -0.121. The summed E-state index contributed by atoms with van der Waals surface area (Å²) in [7, 11) is 0. The van der Waals surface area contributed by atoms with Crippen LogP contribution in [0.1, 0.15) is 35.4 Å². The molecule has 2 aromatic rings. The predicted octanol–water partition coefficient (Wildman–Crippen LogP) is 1.96. The van der Waals surface area contributed by atoms with Crippen molar-refractivity contribution in [1.82, 2.24) is 15.6 Å². The molecule has 0 aromatic carbocycles. The Morgan fingerprint density at radius 3 is 2.85 bits per heavy atom. The van der Waals surface area contributed by atoms with E-state index in [1.165, 1.54) is 0 Å². The van der Waals surface area contributed by atoms with E-state index >= 15 is 0 Å². The number of carbonyl (C=O) groups is 1. The first-order valence-corrected chi connectivity index (χ1v) is 6.73. The van der Waals surface area contributed by atoms with Crippen LogP contribution in [0.15, 0.2) is 21.5 Å². The Morgan fingerprint density at radius 2 is 2.20 bits per heavy atom. The van der Waals surface area contributed by atoms with E-state index in [0.29, 0.717) is 19.4 Å². The Kier molecular flexibility index (Phi) is 4.92. The average molecular weight is 277 g/mol. The molecule has 0 aliphatic heterocycles. The number of aromatic nitrogens is 2. The van der Waals surface area contributed by atoms with Gasteiger partial charge in [-0.3, -0.25) is 4.79 Å². The molecule has 0 unspecified atom stereocenters. The van der Waals surface area contributed by atoms with Crippen molar-refractivity contribution in [1.29, 1.82) is 0 Å². The van der Waals surface area contributed by atoms with Crippen molar-refractivity contribution in [3.05, 3.63) is 35.0 Å². The largest absolute Gasteiger partial charge is 0.364 e. The number of nitrogens with one attached hydrogen (secondary N) is 1. The van der Waals surface area contributed by atoms with Crippen LogP contribution in [-0.2, 0) is 17.6 Å². The van der Waals surface area contributed by atoms with Crippen LogP contribution in [0.4, 0.5) is 0 Å². The van der Waals surface area contributed by atoms with Crippen molar-refractivity contribution < 1.29 is 13.8 Å². The van der Waals surface area contributed by atoms with E-state index in [1.54, 1.807) is 12.5 Å². The molecule has 1 amide bonds. The maximum atomic E-state index is 11.7. The molecule has 0 fully saturated rings. The Balaban J connectivity index is 1.63. The summed E-state index contributed by atoms with van der Waals surface area (Å²) in [6, 6.07) is 0. The van der Waals surface area contributed by atoms with E-state index in [-0.39, 0.29) is 5.91 Å². The molecule has 2 aromatic heterocycles. The zero-order valence-corrected chi connectivity index (χ0v) is 11.8. The highest BCUT2D eigenvalue weighted by Crippen LogP contribution is 2.14. The highest BCUT2D eigenvalue weighted by molar-refractivity contribution is 5.76. The molecule has 1 N–H and O–H groups in total. The normalized spacial score (nSPS) is 10.7. The molecule has 108 valence electrons. The van der Waals surface area contributed by atoms with Crippen LogP contribution in [0.5, 0.6) is 0 Å². The van der Waals surface area contributed by atoms with E-state index < -0.39 is 0 Å². The summed E-state index contributed by atoms with van der Waals surface area (Å²) in [4.78, 5) is 11.7. The number of hydrogen-bond acceptors (Lipinski definition) is 5. The van der Waals surface area contributed by atoms with Gasteiger partial charge in [0.15, 0.2) is 0 Å². The quantitative estimate of drug-likeness (QED) is 0.782. The molecule has 0 aliphatic carbocycles. The minimum Gasteiger partial charge on any atom is -0.364 e. The van der Waals surface area contributed by atoms with Crippen molar-refractivity contribution in [2.45, 2.75) is 39.5 Å². The molecule has 0 saturated heterocycles. The van der Waals surface area contributed by atoms with E-state index in [9.17, 15) is 4.79 Å². The van der Waals surface area contributed by atoms with Gasteiger partial charge in [0.1, 0.15) is 12.0 Å². The molecule has 0 radical (unpaired) electrons. The second-order valence-corrected chi connectivity index (χ2v) is 4.79. The second kappa shape index (κ2) is 6.88. The number of rotatable bonds is 7. The third-order valence-electron chi connectivity index (χ3n) is 3.23. The standard InChI is InChI=1S/C14H19N3O3/c1-10-13(11(2)20-17-10)5-6-14(18)15-7-3-4-12-8-16-19-9-12/h8-9H,3-7H2,1-2H3,(H,15,18). The van der Waals surface area contributed by atoms with Gasteiger partial charge in [-0.1, -0.05) is 10.3 Å². The fourth-order valence-corrected chi connectivity index (χ4v) is 2.06. The van der Waals surface area contributed by atoms with Gasteiger partial charge in [0.05, 0.1) is 11.9 Å². The van der Waals surface area contributed by atoms with Gasteiger partial charge in [0.25, 0.3) is 0 Å². The zero-order chi connectivity index (χ0) is 14.4. The number of aryl methyl sites for hydroxylation is 3. The van der Waals surface area contributed by atoms with Gasteiger partial charge in [0, 0.05) is 24.1 Å². The first kappa shape index (κ1) is 14.3. The van der Waals surface area contributed by atoms with Crippen molar-refractivity contribution in [3.63, 3.8) is 0 Å². The lowest BCUT2D eigenvalue weighted by Crippen LogP contribution is -2.25. The third-order valence-corrected chi connectivity index (χ3v) is 3.23. The minimum atomic E-state index is 0.0512. The van der Waals surface area contributed by atoms with E-state index in [2.05, 4.69) is 15.6 Å². The van der Waals surface area contributed by atoms with Crippen LogP contribution in [-0.4, -0.2) is 22.8 Å². The molecule has 6 heteroatoms. The number of nitrogens with zero attached hydrogens (tertiary/aromatic N) is 2. The summed E-state index contributed by atoms with van der Waals surface area (Å²) >= 11 is 0. The smallest absolute Gasteiger partial charge is 0.220 e. The number of hydrogen-bond donors (Lipinski definition) is 1. The first-order chi connectivity index (χ1) is 9.66. The van der Waals surface area contributed by atoms with Gasteiger partial charge in [-0.25, -0.2) is 0 Å². The third kappa shape index (κ3) is 3.94. The van der Waals surface area contributed by atoms with E-state index in [1.807, 2.05) is 13.8 Å². The summed E-state index contributed by atoms with van der Waals surface area (Å²) in [5.41, 5.74) is 2.95. The fourth-order valence-electron chi connectivity index (χ4n) is 2.06. The molecule has 0 bridgehead atoms. The lowest BCUT2D eigenvalue weighted by Gasteiger charge is -2.04. The lowest BCUT2D eigenvalue weighted by atomic mass is 10.1. The van der Waals surface area contributed by atoms with Crippen molar-refractivity contribution >= 4 is 5.91 Å². The van der Waals surface area contributed by atoms with Crippen LogP contribution >= 0.6 is 0 Å². The maximum Gasteiger partial charge on any atom is 0.220 e. The Morgan fingerprint density at radius 1 is 1.35 bits per heavy atom. The van der Waals surface area contributed by atoms with Gasteiger partial charge in [-0.15, -0.1) is 0 Å². The molecule has 20 heavy (non-hydrogen) atoms. The molecule has 2 heterocycles. The predicted molar refractivity (Wildman–Crippen MR) is 72.1 cm³/mol. The molecule has 0 spiro atoms. The maximum absolute atomic E-state index is 11.7. The van der Waals surface area contributed by atoms with Crippen LogP contribution < -0.4 is 5.32 Å². The van der Waals surface area contributed by atoms with Gasteiger partial charge >= 0.3 is 0 Å². The Bertz CT molecular complexity index is 527.